The Kier molecular flexibility index (Phi) is 8.50. The molecule has 0 spiro atoms. The molecule has 2 aromatic heterocycles. The lowest BCUT2D eigenvalue weighted by Gasteiger charge is -2.27. The SMILES string of the molecule is COC(=O)C(Cc1cc2ccnc(N)c2cc1OC(F)(F)F)N1CCC(NS(=O)(=O)c2cnc(N(C)C)c(C)c2)C1=O. The van der Waals surface area contributed by atoms with Crippen LogP contribution in [0.2, 0.25) is 0 Å². The summed E-state index contributed by atoms with van der Waals surface area (Å²) in [5, 5.41) is 0.628. The summed E-state index contributed by atoms with van der Waals surface area (Å²) in [6, 6.07) is 2.75. The smallest absolute Gasteiger partial charge is 0.467 e. The molecule has 1 amide bonds. The first kappa shape index (κ1) is 30.8. The maximum atomic E-state index is 13.4. The van der Waals surface area contributed by atoms with Gasteiger partial charge in [-0.05, 0) is 54.1 Å². The van der Waals surface area contributed by atoms with Crippen LogP contribution in [0.4, 0.5) is 24.8 Å². The van der Waals surface area contributed by atoms with Crippen molar-refractivity contribution in [1.82, 2.24) is 19.6 Å². The zero-order valence-electron chi connectivity index (χ0n) is 23.1. The molecule has 0 radical (unpaired) electrons. The molecule has 3 heterocycles. The van der Waals surface area contributed by atoms with Crippen LogP contribution in [0.25, 0.3) is 10.8 Å². The second-order valence-corrected chi connectivity index (χ2v) is 11.6. The second-order valence-electron chi connectivity index (χ2n) is 9.87. The number of carbonyl (C=O) groups excluding carboxylic acids is 2. The first-order chi connectivity index (χ1) is 19.6. The monoisotopic (exact) mass is 610 g/mol. The van der Waals surface area contributed by atoms with Gasteiger partial charge in [0.15, 0.2) is 0 Å². The number of esters is 1. The average Bonchev–Trinajstić information content (AvgIpc) is 3.25. The van der Waals surface area contributed by atoms with Crippen LogP contribution >= 0.6 is 0 Å². The molecule has 0 saturated carbocycles. The number of aromatic nitrogens is 2. The van der Waals surface area contributed by atoms with Gasteiger partial charge in [-0.3, -0.25) is 4.79 Å². The number of nitrogens with zero attached hydrogens (tertiary/aromatic N) is 4. The fourth-order valence-corrected chi connectivity index (χ4v) is 6.10. The van der Waals surface area contributed by atoms with Gasteiger partial charge in [-0.25, -0.2) is 23.2 Å². The van der Waals surface area contributed by atoms with Gasteiger partial charge in [0.2, 0.25) is 15.9 Å². The van der Waals surface area contributed by atoms with Gasteiger partial charge < -0.3 is 25.0 Å². The quantitative estimate of drug-likeness (QED) is 0.344. The largest absolute Gasteiger partial charge is 0.573 e. The molecule has 0 aliphatic carbocycles. The number of likely N-dealkylation sites (tertiary alicyclic amines) is 1. The van der Waals surface area contributed by atoms with Gasteiger partial charge in [0.1, 0.15) is 34.4 Å². The molecule has 226 valence electrons. The predicted molar refractivity (Wildman–Crippen MR) is 146 cm³/mol. The summed E-state index contributed by atoms with van der Waals surface area (Å²) in [6.45, 7) is 1.63. The molecule has 3 N–H and O–H groups in total. The Hall–Kier alpha value is -4.18. The van der Waals surface area contributed by atoms with Crippen LogP contribution in [-0.4, -0.2) is 81.4 Å². The average molecular weight is 611 g/mol. The number of alkyl halides is 3. The Morgan fingerprint density at radius 1 is 1.26 bits per heavy atom. The number of halogens is 3. The molecule has 12 nitrogen and oxygen atoms in total. The molecule has 3 aromatic rings. The van der Waals surface area contributed by atoms with E-state index in [4.69, 9.17) is 10.5 Å². The number of amides is 1. The first-order valence-corrected chi connectivity index (χ1v) is 14.1. The molecule has 4 rings (SSSR count). The Labute approximate surface area is 239 Å². The normalized spacial score (nSPS) is 16.5. The number of pyridine rings is 2. The number of ether oxygens (including phenoxy) is 2. The third kappa shape index (κ3) is 6.49. The Morgan fingerprint density at radius 3 is 2.60 bits per heavy atom. The van der Waals surface area contributed by atoms with Crippen LogP contribution in [0.5, 0.6) is 5.75 Å². The standard InChI is InChI=1S/C26H29F3N6O6S/c1-14-9-17(13-32-23(14)34(2)3)42(38,39)33-19-6-8-35(24(19)36)20(25(37)40-4)11-16-10-15-5-7-31-22(30)18(15)12-21(16)41-26(27,28)29/h5,7,9-10,12-13,19-20,33H,6,8,11H2,1-4H3,(H2,30,31). The zero-order chi connectivity index (χ0) is 31.0. The number of benzene rings is 1. The van der Waals surface area contributed by atoms with Crippen LogP contribution in [-0.2, 0) is 30.8 Å². The third-order valence-electron chi connectivity index (χ3n) is 6.76. The molecular formula is C26H29F3N6O6S. The third-order valence-corrected chi connectivity index (χ3v) is 8.20. The van der Waals surface area contributed by atoms with E-state index in [0.717, 1.165) is 18.1 Å². The molecule has 1 aliphatic rings. The van der Waals surface area contributed by atoms with Gasteiger partial charge in [-0.2, -0.15) is 4.72 Å². The van der Waals surface area contributed by atoms with Crippen molar-refractivity contribution in [2.75, 3.05) is 38.4 Å². The zero-order valence-corrected chi connectivity index (χ0v) is 23.9. The Bertz CT molecular complexity index is 1630. The number of methoxy groups -OCH3 is 1. The molecule has 2 atom stereocenters. The number of sulfonamides is 1. The van der Waals surface area contributed by atoms with Gasteiger partial charge in [-0.15, -0.1) is 13.2 Å². The number of nitrogen functional groups attached to an aromatic ring is 1. The number of anilines is 2. The summed E-state index contributed by atoms with van der Waals surface area (Å²) < 4.78 is 77.5. The number of rotatable bonds is 9. The predicted octanol–water partition coefficient (Wildman–Crippen LogP) is 2.15. The fourth-order valence-electron chi connectivity index (χ4n) is 4.85. The number of nitrogens with two attached hydrogens (primary N) is 1. The van der Waals surface area contributed by atoms with Crippen molar-refractivity contribution in [2.24, 2.45) is 0 Å². The molecule has 1 aromatic carbocycles. The highest BCUT2D eigenvalue weighted by Gasteiger charge is 2.42. The van der Waals surface area contributed by atoms with Gasteiger partial charge in [0, 0.05) is 44.8 Å². The van der Waals surface area contributed by atoms with Gasteiger partial charge in [0.25, 0.3) is 0 Å². The van der Waals surface area contributed by atoms with E-state index in [1.165, 1.54) is 30.6 Å². The van der Waals surface area contributed by atoms with E-state index in [9.17, 15) is 31.2 Å². The maximum Gasteiger partial charge on any atom is 0.573 e. The molecule has 1 aliphatic heterocycles. The molecule has 42 heavy (non-hydrogen) atoms. The van der Waals surface area contributed by atoms with Crippen LogP contribution in [0, 0.1) is 6.92 Å². The van der Waals surface area contributed by atoms with Gasteiger partial charge >= 0.3 is 12.3 Å². The number of nitrogens with one attached hydrogen (secondary N) is 1. The summed E-state index contributed by atoms with van der Waals surface area (Å²) in [5.74, 6) is -1.73. The lowest BCUT2D eigenvalue weighted by Crippen LogP contribution is -2.48. The van der Waals surface area contributed by atoms with Gasteiger partial charge in [0.05, 0.1) is 7.11 Å². The minimum Gasteiger partial charge on any atom is -0.467 e. The van der Waals surface area contributed by atoms with Crippen LogP contribution in [0.15, 0.2) is 41.6 Å². The van der Waals surface area contributed by atoms with Crippen LogP contribution in [0.1, 0.15) is 17.5 Å². The minimum absolute atomic E-state index is 0.000415. The van der Waals surface area contributed by atoms with E-state index in [0.29, 0.717) is 16.8 Å². The highest BCUT2D eigenvalue weighted by molar-refractivity contribution is 7.89. The maximum absolute atomic E-state index is 13.4. The molecule has 2 unspecified atom stereocenters. The van der Waals surface area contributed by atoms with Gasteiger partial charge in [-0.1, -0.05) is 0 Å². The minimum atomic E-state index is -5.06. The highest BCUT2D eigenvalue weighted by atomic mass is 32.2. The highest BCUT2D eigenvalue weighted by Crippen LogP contribution is 2.34. The summed E-state index contributed by atoms with van der Waals surface area (Å²) >= 11 is 0. The fraction of sp³-hybridized carbons (Fsp3) is 0.385. The lowest BCUT2D eigenvalue weighted by molar-refractivity contribution is -0.274. The number of hydrogen-bond acceptors (Lipinski definition) is 10. The van der Waals surface area contributed by atoms with Crippen molar-refractivity contribution >= 4 is 44.3 Å². The van der Waals surface area contributed by atoms with Crippen molar-refractivity contribution in [3.63, 3.8) is 0 Å². The molecule has 16 heteroatoms. The van der Waals surface area contributed by atoms with E-state index in [1.54, 1.807) is 25.9 Å². The number of aryl methyl sites for hydroxylation is 1. The molecular weight excluding hydrogens is 581 g/mol. The molecule has 1 fully saturated rings. The summed E-state index contributed by atoms with van der Waals surface area (Å²) in [7, 11) is 0.400. The van der Waals surface area contributed by atoms with Crippen molar-refractivity contribution in [1.29, 1.82) is 0 Å². The van der Waals surface area contributed by atoms with E-state index >= 15 is 0 Å². The molecule has 1 saturated heterocycles. The van der Waals surface area contributed by atoms with Crippen LogP contribution < -0.4 is 20.1 Å². The number of fused-ring (bicyclic) bond motifs is 1. The van der Waals surface area contributed by atoms with E-state index in [-0.39, 0.29) is 34.6 Å². The Morgan fingerprint density at radius 2 is 1.98 bits per heavy atom. The lowest BCUT2D eigenvalue weighted by atomic mass is 10.00. The summed E-state index contributed by atoms with van der Waals surface area (Å²) in [5.41, 5.74) is 6.37. The van der Waals surface area contributed by atoms with E-state index < -0.39 is 52.5 Å². The van der Waals surface area contributed by atoms with Crippen molar-refractivity contribution in [2.45, 2.75) is 43.1 Å². The first-order valence-electron chi connectivity index (χ1n) is 12.6. The van der Waals surface area contributed by atoms with E-state index in [1.807, 2.05) is 0 Å². The topological polar surface area (TPSA) is 157 Å². The van der Waals surface area contributed by atoms with Crippen molar-refractivity contribution in [3.05, 3.63) is 47.8 Å². The summed E-state index contributed by atoms with van der Waals surface area (Å²) in [6.07, 6.45) is -2.94. The number of hydrogen-bond donors (Lipinski definition) is 2. The van der Waals surface area contributed by atoms with Crippen LogP contribution in [0.3, 0.4) is 0 Å². The molecule has 0 bridgehead atoms. The van der Waals surface area contributed by atoms with Crippen molar-refractivity contribution < 1.29 is 40.7 Å². The second kappa shape index (κ2) is 11.6. The number of carbonyl (C=O) groups is 2. The summed E-state index contributed by atoms with van der Waals surface area (Å²) in [4.78, 5) is 36.9. The Balaban J connectivity index is 1.62. The van der Waals surface area contributed by atoms with Crippen molar-refractivity contribution in [3.8, 4) is 5.75 Å². The van der Waals surface area contributed by atoms with E-state index in [2.05, 4.69) is 19.4 Å².